The zero-order valence-electron chi connectivity index (χ0n) is 12.2. The summed E-state index contributed by atoms with van der Waals surface area (Å²) in [4.78, 5) is 6.16. The molecule has 1 aromatic carbocycles. The number of aromatic nitrogens is 1. The first-order valence-electron chi connectivity index (χ1n) is 6.68. The molecule has 2 rings (SSSR count). The summed E-state index contributed by atoms with van der Waals surface area (Å²) in [5.74, 6) is 0.830. The van der Waals surface area contributed by atoms with E-state index in [9.17, 15) is 0 Å². The first-order valence-corrected chi connectivity index (χ1v) is 6.68. The molecule has 0 unspecified atom stereocenters. The number of ether oxygens (including phenoxy) is 1. The van der Waals surface area contributed by atoms with Gasteiger partial charge in [0, 0.05) is 24.3 Å². The van der Waals surface area contributed by atoms with Crippen LogP contribution in [0.5, 0.6) is 5.75 Å². The van der Waals surface area contributed by atoms with Crippen LogP contribution in [0.1, 0.15) is 12.5 Å². The molecular weight excluding hydrogens is 262 g/mol. The lowest BCUT2D eigenvalue weighted by Gasteiger charge is -2.23. The van der Waals surface area contributed by atoms with Crippen LogP contribution in [0.3, 0.4) is 0 Å². The Morgan fingerprint density at radius 2 is 2.00 bits per heavy atom. The Kier molecular flexibility index (Phi) is 4.99. The zero-order valence-corrected chi connectivity index (χ0v) is 12.2. The molecule has 1 aromatic heterocycles. The second kappa shape index (κ2) is 7.14. The number of allylic oxidation sites excluding steroid dienone is 1. The zero-order chi connectivity index (χ0) is 15.1. The van der Waals surface area contributed by atoms with E-state index in [4.69, 9.17) is 10.5 Å². The minimum atomic E-state index is 0.830. The van der Waals surface area contributed by atoms with Crippen molar-refractivity contribution < 1.29 is 4.74 Å². The molecule has 0 aliphatic rings. The lowest BCUT2D eigenvalue weighted by molar-refractivity contribution is 0.415. The number of hydrogen-bond donors (Lipinski definition) is 1. The molecule has 0 bridgehead atoms. The second-order valence-corrected chi connectivity index (χ2v) is 4.33. The van der Waals surface area contributed by atoms with Gasteiger partial charge in [-0.1, -0.05) is 6.08 Å². The first-order chi connectivity index (χ1) is 10.3. The van der Waals surface area contributed by atoms with Gasteiger partial charge in [-0.3, -0.25) is 4.98 Å². The highest BCUT2D eigenvalue weighted by atomic mass is 16.5. The van der Waals surface area contributed by atoms with E-state index in [1.54, 1.807) is 19.5 Å². The number of rotatable bonds is 5. The van der Waals surface area contributed by atoms with Crippen molar-refractivity contribution in [3.63, 3.8) is 0 Å². The fourth-order valence-electron chi connectivity index (χ4n) is 2.09. The first kappa shape index (κ1) is 14.7. The number of anilines is 1. The molecule has 0 aliphatic heterocycles. The van der Waals surface area contributed by atoms with E-state index in [0.29, 0.717) is 0 Å². The fourth-order valence-corrected chi connectivity index (χ4v) is 2.09. The van der Waals surface area contributed by atoms with E-state index in [0.717, 1.165) is 22.7 Å². The molecule has 4 heteroatoms. The highest BCUT2D eigenvalue weighted by Gasteiger charge is 2.11. The third-order valence-electron chi connectivity index (χ3n) is 3.08. The Balaban J connectivity index is 2.41. The van der Waals surface area contributed by atoms with Gasteiger partial charge in [-0.2, -0.15) is 0 Å². The van der Waals surface area contributed by atoms with Gasteiger partial charge in [0.2, 0.25) is 0 Å². The van der Waals surface area contributed by atoms with Crippen molar-refractivity contribution in [3.8, 4) is 5.75 Å². The van der Waals surface area contributed by atoms with Gasteiger partial charge in [0.25, 0.3) is 0 Å². The Morgan fingerprint density at radius 1 is 1.24 bits per heavy atom. The molecule has 0 spiro atoms. The SMILES string of the molecule is C/C=C(/c1ccc(OC)cc1)N(C=CN)c1cccnc1. The summed E-state index contributed by atoms with van der Waals surface area (Å²) in [7, 11) is 1.66. The highest BCUT2D eigenvalue weighted by Crippen LogP contribution is 2.27. The maximum Gasteiger partial charge on any atom is 0.118 e. The quantitative estimate of drug-likeness (QED) is 0.912. The van der Waals surface area contributed by atoms with Gasteiger partial charge < -0.3 is 15.4 Å². The van der Waals surface area contributed by atoms with E-state index >= 15 is 0 Å². The predicted octanol–water partition coefficient (Wildman–Crippen LogP) is 3.39. The summed E-state index contributed by atoms with van der Waals surface area (Å²) >= 11 is 0. The van der Waals surface area contributed by atoms with Crippen LogP contribution in [0.25, 0.3) is 5.70 Å². The van der Waals surface area contributed by atoms with Crippen molar-refractivity contribution in [1.82, 2.24) is 4.98 Å². The highest BCUT2D eigenvalue weighted by molar-refractivity contribution is 5.80. The van der Waals surface area contributed by atoms with Crippen molar-refractivity contribution in [2.24, 2.45) is 5.73 Å². The molecule has 0 atom stereocenters. The van der Waals surface area contributed by atoms with E-state index in [-0.39, 0.29) is 0 Å². The monoisotopic (exact) mass is 281 g/mol. The lowest BCUT2D eigenvalue weighted by Crippen LogP contribution is -2.15. The molecule has 0 saturated heterocycles. The molecule has 2 N–H and O–H groups in total. The summed E-state index contributed by atoms with van der Waals surface area (Å²) in [6.07, 6.45) is 8.91. The van der Waals surface area contributed by atoms with Crippen LogP contribution in [0.2, 0.25) is 0 Å². The predicted molar refractivity (Wildman–Crippen MR) is 86.7 cm³/mol. The van der Waals surface area contributed by atoms with E-state index in [2.05, 4.69) is 4.98 Å². The smallest absolute Gasteiger partial charge is 0.118 e. The largest absolute Gasteiger partial charge is 0.497 e. The van der Waals surface area contributed by atoms with Crippen molar-refractivity contribution in [3.05, 3.63) is 72.8 Å². The van der Waals surface area contributed by atoms with Crippen LogP contribution >= 0.6 is 0 Å². The Labute approximate surface area is 125 Å². The number of nitrogens with two attached hydrogens (primary N) is 1. The van der Waals surface area contributed by atoms with Crippen LogP contribution in [0.15, 0.2) is 67.3 Å². The molecule has 21 heavy (non-hydrogen) atoms. The molecular formula is C17H19N3O. The molecule has 0 fully saturated rings. The molecule has 2 aromatic rings. The minimum Gasteiger partial charge on any atom is -0.497 e. The Morgan fingerprint density at radius 3 is 2.52 bits per heavy atom. The summed E-state index contributed by atoms with van der Waals surface area (Å²) in [5.41, 5.74) is 8.63. The summed E-state index contributed by atoms with van der Waals surface area (Å²) in [6, 6.07) is 11.8. The average Bonchev–Trinajstić information content (AvgIpc) is 2.56. The van der Waals surface area contributed by atoms with Crippen molar-refractivity contribution >= 4 is 11.4 Å². The topological polar surface area (TPSA) is 51.4 Å². The summed E-state index contributed by atoms with van der Waals surface area (Å²) in [5, 5.41) is 0. The fraction of sp³-hybridized carbons (Fsp3) is 0.118. The molecule has 4 nitrogen and oxygen atoms in total. The normalized spacial score (nSPS) is 11.6. The molecule has 0 radical (unpaired) electrons. The maximum atomic E-state index is 5.59. The van der Waals surface area contributed by atoms with E-state index in [1.165, 1.54) is 6.20 Å². The van der Waals surface area contributed by atoms with Crippen LogP contribution in [-0.2, 0) is 0 Å². The van der Waals surface area contributed by atoms with Gasteiger partial charge in [0.15, 0.2) is 0 Å². The van der Waals surface area contributed by atoms with Gasteiger partial charge in [-0.05, 0) is 48.9 Å². The number of hydrogen-bond acceptors (Lipinski definition) is 4. The second-order valence-electron chi connectivity index (χ2n) is 4.33. The molecule has 0 saturated carbocycles. The van der Waals surface area contributed by atoms with Crippen molar-refractivity contribution in [1.29, 1.82) is 0 Å². The Bertz CT molecular complexity index is 618. The molecule has 1 heterocycles. The third kappa shape index (κ3) is 3.42. The van der Waals surface area contributed by atoms with E-state index in [1.807, 2.05) is 60.5 Å². The lowest BCUT2D eigenvalue weighted by atomic mass is 10.1. The molecule has 0 aliphatic carbocycles. The molecule has 0 amide bonds. The number of methoxy groups -OCH3 is 1. The third-order valence-corrected chi connectivity index (χ3v) is 3.08. The van der Waals surface area contributed by atoms with E-state index < -0.39 is 0 Å². The van der Waals surface area contributed by atoms with Gasteiger partial charge in [-0.15, -0.1) is 0 Å². The van der Waals surface area contributed by atoms with Gasteiger partial charge in [0.05, 0.1) is 19.0 Å². The number of nitrogens with zero attached hydrogens (tertiary/aromatic N) is 2. The number of pyridine rings is 1. The average molecular weight is 281 g/mol. The van der Waals surface area contributed by atoms with Crippen LogP contribution in [0, 0.1) is 0 Å². The van der Waals surface area contributed by atoms with Crippen molar-refractivity contribution in [2.75, 3.05) is 12.0 Å². The van der Waals surface area contributed by atoms with Gasteiger partial charge in [0.1, 0.15) is 5.75 Å². The standard InChI is InChI=1S/C17H19N3O/c1-3-17(14-6-8-16(21-2)9-7-14)20(12-10-18)15-5-4-11-19-13-15/h3-13H,18H2,1-2H3/b12-10?,17-3-. The maximum absolute atomic E-state index is 5.59. The van der Waals surface area contributed by atoms with Gasteiger partial charge in [-0.25, -0.2) is 0 Å². The Hall–Kier alpha value is -2.75. The van der Waals surface area contributed by atoms with Crippen LogP contribution in [-0.4, -0.2) is 12.1 Å². The van der Waals surface area contributed by atoms with Gasteiger partial charge >= 0.3 is 0 Å². The van der Waals surface area contributed by atoms with Crippen LogP contribution in [0.4, 0.5) is 5.69 Å². The molecule has 108 valence electrons. The van der Waals surface area contributed by atoms with Crippen LogP contribution < -0.4 is 15.4 Å². The summed E-state index contributed by atoms with van der Waals surface area (Å²) < 4.78 is 5.20. The number of benzene rings is 1. The summed E-state index contributed by atoms with van der Waals surface area (Å²) in [6.45, 7) is 1.99. The minimum absolute atomic E-state index is 0.830. The van der Waals surface area contributed by atoms with Crippen molar-refractivity contribution in [2.45, 2.75) is 6.92 Å².